The highest BCUT2D eigenvalue weighted by molar-refractivity contribution is 6.43. The first kappa shape index (κ1) is 16.3. The quantitative estimate of drug-likeness (QED) is 0.552. The summed E-state index contributed by atoms with van der Waals surface area (Å²) in [5, 5.41) is 1.20. The predicted octanol–water partition coefficient (Wildman–Crippen LogP) is 5.35. The third-order valence-electron chi connectivity index (χ3n) is 2.29. The summed E-state index contributed by atoms with van der Waals surface area (Å²) in [6, 6.07) is 15.6. The van der Waals surface area contributed by atoms with Crippen LogP contribution in [0.3, 0.4) is 0 Å². The largest absolute Gasteiger partial charge is 0.435 e. The van der Waals surface area contributed by atoms with Crippen molar-refractivity contribution in [2.75, 3.05) is 0 Å². The number of benzene rings is 2. The van der Waals surface area contributed by atoms with Crippen molar-refractivity contribution in [1.29, 1.82) is 0 Å². The van der Waals surface area contributed by atoms with Gasteiger partial charge in [0.05, 0.1) is 16.3 Å². The smallest absolute Gasteiger partial charge is 0.307 e. The summed E-state index contributed by atoms with van der Waals surface area (Å²) < 4.78 is 4.17. The molecular formula is C16H14Cl2O2. The molecule has 0 saturated carbocycles. The third kappa shape index (κ3) is 5.08. The van der Waals surface area contributed by atoms with E-state index in [-0.39, 0.29) is 5.97 Å². The zero-order chi connectivity index (χ0) is 15.0. The lowest BCUT2D eigenvalue weighted by atomic mass is 10.1. The molecule has 2 rings (SSSR count). The number of halogens is 2. The van der Waals surface area contributed by atoms with Crippen molar-refractivity contribution in [3.63, 3.8) is 0 Å². The summed E-state index contributed by atoms with van der Waals surface area (Å²) in [5.74, 6) is -0.329. The van der Waals surface area contributed by atoms with E-state index in [2.05, 4.69) is 11.3 Å². The summed E-state index contributed by atoms with van der Waals surface area (Å²) in [4.78, 5) is 9.75. The number of ether oxygens (including phenoxy) is 1. The van der Waals surface area contributed by atoms with Gasteiger partial charge in [0, 0.05) is 12.5 Å². The van der Waals surface area contributed by atoms with Crippen LogP contribution in [0, 0.1) is 0 Å². The van der Waals surface area contributed by atoms with Crippen molar-refractivity contribution >= 4 is 29.2 Å². The molecule has 4 heteroatoms. The van der Waals surface area contributed by atoms with Gasteiger partial charge in [-0.2, -0.15) is 0 Å². The van der Waals surface area contributed by atoms with E-state index < -0.39 is 0 Å². The fraction of sp³-hybridized carbons (Fsp3) is 0.0625. The van der Waals surface area contributed by atoms with Gasteiger partial charge in [-0.15, -0.1) is 0 Å². The molecule has 0 heterocycles. The molecule has 0 bridgehead atoms. The number of hydrogen-bond acceptors (Lipinski definition) is 2. The lowest BCUT2D eigenvalue weighted by molar-refractivity contribution is -0.135. The Hall–Kier alpha value is -1.77. The number of rotatable bonds is 2. The van der Waals surface area contributed by atoms with Gasteiger partial charge in [0.15, 0.2) is 0 Å². The molecule has 0 unspecified atom stereocenters. The highest BCUT2D eigenvalue weighted by Crippen LogP contribution is 2.32. The van der Waals surface area contributed by atoms with Crippen molar-refractivity contribution in [2.24, 2.45) is 0 Å². The van der Waals surface area contributed by atoms with Crippen LogP contribution in [0.15, 0.2) is 61.4 Å². The molecule has 0 saturated heterocycles. The van der Waals surface area contributed by atoms with Crippen molar-refractivity contribution in [1.82, 2.24) is 0 Å². The highest BCUT2D eigenvalue weighted by Gasteiger charge is 2.05. The maximum Gasteiger partial charge on any atom is 0.307 e. The first-order valence-electron chi connectivity index (χ1n) is 5.83. The summed E-state index contributed by atoms with van der Waals surface area (Å²) in [7, 11) is 0. The topological polar surface area (TPSA) is 26.3 Å². The second-order valence-electron chi connectivity index (χ2n) is 3.74. The molecule has 0 atom stereocenters. The second-order valence-corrected chi connectivity index (χ2v) is 4.53. The number of carbonyl (C=O) groups is 1. The van der Waals surface area contributed by atoms with Crippen molar-refractivity contribution < 1.29 is 9.53 Å². The predicted molar refractivity (Wildman–Crippen MR) is 83.9 cm³/mol. The Balaban J connectivity index is 0.000000286. The molecule has 0 radical (unpaired) electrons. The van der Waals surface area contributed by atoms with Crippen molar-refractivity contribution in [3.8, 4) is 11.1 Å². The second kappa shape index (κ2) is 8.41. The van der Waals surface area contributed by atoms with Crippen molar-refractivity contribution in [3.05, 3.63) is 71.4 Å². The Morgan fingerprint density at radius 1 is 1.10 bits per heavy atom. The molecular weight excluding hydrogens is 295 g/mol. The Morgan fingerprint density at radius 2 is 1.75 bits per heavy atom. The molecule has 2 aromatic rings. The average Bonchev–Trinajstić information content (AvgIpc) is 2.43. The van der Waals surface area contributed by atoms with Crippen LogP contribution >= 0.6 is 23.2 Å². The number of hydrogen-bond donors (Lipinski definition) is 0. The van der Waals surface area contributed by atoms with E-state index in [1.54, 1.807) is 6.07 Å². The minimum absolute atomic E-state index is 0.329. The minimum atomic E-state index is -0.329. The molecule has 104 valence electrons. The molecule has 0 aliphatic heterocycles. The SMILES string of the molecule is C=COC(C)=O.Clc1cccc(-c2ccccc2)c1Cl. The van der Waals surface area contributed by atoms with Crippen LogP contribution in [0.5, 0.6) is 0 Å². The molecule has 2 aromatic carbocycles. The normalized spacial score (nSPS) is 9.15. The van der Waals surface area contributed by atoms with Gasteiger partial charge < -0.3 is 4.74 Å². The number of esters is 1. The van der Waals surface area contributed by atoms with Crippen LogP contribution in [0.2, 0.25) is 10.0 Å². The van der Waals surface area contributed by atoms with E-state index in [0.717, 1.165) is 17.4 Å². The van der Waals surface area contributed by atoms with E-state index >= 15 is 0 Å². The van der Waals surface area contributed by atoms with Crippen LogP contribution in [0.4, 0.5) is 0 Å². The van der Waals surface area contributed by atoms with E-state index in [1.165, 1.54) is 6.92 Å². The Kier molecular flexibility index (Phi) is 6.85. The maximum absolute atomic E-state index is 9.75. The van der Waals surface area contributed by atoms with Crippen molar-refractivity contribution in [2.45, 2.75) is 6.92 Å². The van der Waals surface area contributed by atoms with E-state index in [0.29, 0.717) is 10.0 Å². The molecule has 0 spiro atoms. The van der Waals surface area contributed by atoms with Gasteiger partial charge in [0.25, 0.3) is 0 Å². The first-order chi connectivity index (χ1) is 9.56. The summed E-state index contributed by atoms with van der Waals surface area (Å²) in [5.41, 5.74) is 2.06. The molecule has 20 heavy (non-hydrogen) atoms. The Bertz CT molecular complexity index is 580. The van der Waals surface area contributed by atoms with Gasteiger partial charge in [0.2, 0.25) is 0 Å². The minimum Gasteiger partial charge on any atom is -0.435 e. The molecule has 0 aliphatic carbocycles. The summed E-state index contributed by atoms with van der Waals surface area (Å²) in [6.45, 7) is 4.48. The molecule has 0 aliphatic rings. The van der Waals surface area contributed by atoms with Gasteiger partial charge in [-0.1, -0.05) is 72.2 Å². The van der Waals surface area contributed by atoms with Crippen LogP contribution < -0.4 is 0 Å². The fourth-order valence-corrected chi connectivity index (χ4v) is 1.87. The molecule has 2 nitrogen and oxygen atoms in total. The first-order valence-corrected chi connectivity index (χ1v) is 6.59. The van der Waals surface area contributed by atoms with Gasteiger partial charge >= 0.3 is 5.97 Å². The lowest BCUT2D eigenvalue weighted by Gasteiger charge is -2.04. The fourth-order valence-electron chi connectivity index (χ4n) is 1.46. The van der Waals surface area contributed by atoms with Crippen LogP contribution in [0.1, 0.15) is 6.92 Å². The lowest BCUT2D eigenvalue weighted by Crippen LogP contribution is -1.87. The standard InChI is InChI=1S/C12H8Cl2.C4H6O2/c13-11-8-4-7-10(12(11)14)9-5-2-1-3-6-9;1-3-6-4(2)5/h1-8H;3H,1H2,2H3. The monoisotopic (exact) mass is 308 g/mol. The number of carbonyl (C=O) groups excluding carboxylic acids is 1. The van der Waals surface area contributed by atoms with Crippen LogP contribution in [0.25, 0.3) is 11.1 Å². The summed E-state index contributed by atoms with van der Waals surface area (Å²) >= 11 is 12.0. The third-order valence-corrected chi connectivity index (χ3v) is 3.10. The zero-order valence-electron chi connectivity index (χ0n) is 11.0. The van der Waals surface area contributed by atoms with E-state index in [4.69, 9.17) is 23.2 Å². The van der Waals surface area contributed by atoms with Gasteiger partial charge in [-0.25, -0.2) is 0 Å². The van der Waals surface area contributed by atoms with Crippen LogP contribution in [-0.4, -0.2) is 5.97 Å². The molecule has 0 N–H and O–H groups in total. The maximum atomic E-state index is 9.75. The highest BCUT2D eigenvalue weighted by atomic mass is 35.5. The van der Waals surface area contributed by atoms with E-state index in [1.807, 2.05) is 42.5 Å². The van der Waals surface area contributed by atoms with E-state index in [9.17, 15) is 4.79 Å². The Labute approximate surface area is 128 Å². The molecule has 0 aromatic heterocycles. The molecule has 0 fully saturated rings. The van der Waals surface area contributed by atoms with Gasteiger partial charge in [-0.3, -0.25) is 4.79 Å². The van der Waals surface area contributed by atoms with Gasteiger partial charge in [-0.05, 0) is 11.6 Å². The van der Waals surface area contributed by atoms with Gasteiger partial charge in [0.1, 0.15) is 0 Å². The van der Waals surface area contributed by atoms with Crippen LogP contribution in [-0.2, 0) is 9.53 Å². The summed E-state index contributed by atoms with van der Waals surface area (Å²) in [6.07, 6.45) is 1.10. The molecule has 0 amide bonds. The average molecular weight is 309 g/mol. The Morgan fingerprint density at radius 3 is 2.25 bits per heavy atom. The zero-order valence-corrected chi connectivity index (χ0v) is 12.5.